The molecule has 4 rings (SSSR count). The Morgan fingerprint density at radius 3 is 2.38 bits per heavy atom. The molecule has 0 amide bonds. The number of rotatable bonds is 8. The molecule has 4 aromatic carbocycles. The van der Waals surface area contributed by atoms with Gasteiger partial charge in [0.2, 0.25) is 0 Å². The topological polar surface area (TPSA) is 21.3 Å². The lowest BCUT2D eigenvalue weighted by molar-refractivity contribution is -0.137. The predicted octanol–water partition coefficient (Wildman–Crippen LogP) is 7.82. The van der Waals surface area contributed by atoms with E-state index in [1.54, 1.807) is 19.2 Å². The van der Waals surface area contributed by atoms with Gasteiger partial charge in [0.25, 0.3) is 0 Å². The minimum Gasteiger partial charge on any atom is -0.497 e. The molecule has 1 atom stereocenters. The van der Waals surface area contributed by atoms with Crippen LogP contribution in [0.2, 0.25) is 0 Å². The normalized spacial score (nSPS) is 12.6. The minimum atomic E-state index is -4.34. The molecule has 34 heavy (non-hydrogen) atoms. The average molecular weight is 464 g/mol. The van der Waals surface area contributed by atoms with Crippen molar-refractivity contribution in [3.8, 4) is 16.9 Å². The lowest BCUT2D eigenvalue weighted by Gasteiger charge is -2.16. The van der Waals surface area contributed by atoms with Crippen molar-refractivity contribution >= 4 is 10.8 Å². The van der Waals surface area contributed by atoms with E-state index in [9.17, 15) is 13.2 Å². The molecule has 2 nitrogen and oxygen atoms in total. The number of methoxy groups -OCH3 is 1. The molecule has 0 bridgehead atoms. The van der Waals surface area contributed by atoms with Crippen LogP contribution in [0.4, 0.5) is 13.2 Å². The number of alkyl halides is 3. The quantitative estimate of drug-likeness (QED) is 0.269. The Kier molecular flexibility index (Phi) is 7.23. The number of hydrogen-bond acceptors (Lipinski definition) is 2. The second-order valence-corrected chi connectivity index (χ2v) is 8.50. The van der Waals surface area contributed by atoms with Gasteiger partial charge < -0.3 is 10.1 Å². The first-order chi connectivity index (χ1) is 16.3. The molecular formula is C29H28F3NO. The van der Waals surface area contributed by atoms with Crippen molar-refractivity contribution in [1.82, 2.24) is 5.32 Å². The monoisotopic (exact) mass is 463 g/mol. The van der Waals surface area contributed by atoms with Crippen molar-refractivity contribution in [2.24, 2.45) is 0 Å². The van der Waals surface area contributed by atoms with E-state index in [1.807, 2.05) is 36.4 Å². The Morgan fingerprint density at radius 1 is 0.882 bits per heavy atom. The number of fused-ring (bicyclic) bond motifs is 1. The van der Waals surface area contributed by atoms with Crippen LogP contribution >= 0.6 is 0 Å². The molecule has 5 heteroatoms. The zero-order valence-electron chi connectivity index (χ0n) is 19.3. The Bertz CT molecular complexity index is 1250. The Balaban J connectivity index is 1.48. The predicted molar refractivity (Wildman–Crippen MR) is 132 cm³/mol. The summed E-state index contributed by atoms with van der Waals surface area (Å²) in [5.41, 5.74) is 3.46. The van der Waals surface area contributed by atoms with Gasteiger partial charge >= 0.3 is 6.18 Å². The summed E-state index contributed by atoms with van der Waals surface area (Å²) in [4.78, 5) is 0. The first-order valence-corrected chi connectivity index (χ1v) is 11.4. The van der Waals surface area contributed by atoms with E-state index >= 15 is 0 Å². The Hall–Kier alpha value is -3.31. The average Bonchev–Trinajstić information content (AvgIpc) is 2.85. The number of benzene rings is 4. The summed E-state index contributed by atoms with van der Waals surface area (Å²) in [5.74, 6) is 0.845. The highest BCUT2D eigenvalue weighted by molar-refractivity contribution is 5.97. The van der Waals surface area contributed by atoms with E-state index in [0.29, 0.717) is 0 Å². The maximum atomic E-state index is 13.0. The van der Waals surface area contributed by atoms with Crippen molar-refractivity contribution in [2.75, 3.05) is 13.7 Å². The molecule has 0 fully saturated rings. The third kappa shape index (κ3) is 5.60. The van der Waals surface area contributed by atoms with Gasteiger partial charge in [0.15, 0.2) is 0 Å². The maximum absolute atomic E-state index is 13.0. The van der Waals surface area contributed by atoms with Crippen LogP contribution in [-0.4, -0.2) is 13.7 Å². The van der Waals surface area contributed by atoms with E-state index in [4.69, 9.17) is 4.74 Å². The fourth-order valence-corrected chi connectivity index (χ4v) is 4.23. The molecule has 0 unspecified atom stereocenters. The fraction of sp³-hybridized carbons (Fsp3) is 0.241. The van der Waals surface area contributed by atoms with Crippen LogP contribution in [-0.2, 0) is 12.6 Å². The standard InChI is InChI=1S/C29H28F3NO/c1-20(23-9-5-10-26(19-23)34-2)33-16-6-7-21-17-24-8-3-4-11-27(24)28(18-21)22-12-14-25(15-13-22)29(30,31)32/h3-5,8-15,17-20,33H,6-7,16H2,1-2H3/t20-/m1/s1. The van der Waals surface area contributed by atoms with Crippen LogP contribution in [0.15, 0.2) is 84.9 Å². The van der Waals surface area contributed by atoms with Gasteiger partial charge in [0.1, 0.15) is 5.75 Å². The fourth-order valence-electron chi connectivity index (χ4n) is 4.23. The maximum Gasteiger partial charge on any atom is 0.416 e. The lowest BCUT2D eigenvalue weighted by Crippen LogP contribution is -2.20. The van der Waals surface area contributed by atoms with E-state index in [-0.39, 0.29) is 6.04 Å². The summed E-state index contributed by atoms with van der Waals surface area (Å²) in [5, 5.41) is 5.69. The highest BCUT2D eigenvalue weighted by Crippen LogP contribution is 2.34. The summed E-state index contributed by atoms with van der Waals surface area (Å²) >= 11 is 0. The SMILES string of the molecule is COc1cccc([C@@H](C)NCCCc2cc(-c3ccc(C(F)(F)F)cc3)c3ccccc3c2)c1. The van der Waals surface area contributed by atoms with Gasteiger partial charge in [-0.1, -0.05) is 60.7 Å². The van der Waals surface area contributed by atoms with E-state index in [1.165, 1.54) is 11.1 Å². The zero-order valence-corrected chi connectivity index (χ0v) is 19.3. The van der Waals surface area contributed by atoms with E-state index in [2.05, 4.69) is 36.5 Å². The van der Waals surface area contributed by atoms with Crippen molar-refractivity contribution in [3.63, 3.8) is 0 Å². The molecule has 176 valence electrons. The number of nitrogens with one attached hydrogen (secondary N) is 1. The van der Waals surface area contributed by atoms with Crippen LogP contribution in [0.5, 0.6) is 5.75 Å². The van der Waals surface area contributed by atoms with Crippen LogP contribution in [0.3, 0.4) is 0 Å². The first kappa shape index (κ1) is 23.8. The van der Waals surface area contributed by atoms with Gasteiger partial charge in [-0.3, -0.25) is 0 Å². The number of ether oxygens (including phenoxy) is 1. The minimum absolute atomic E-state index is 0.203. The third-order valence-electron chi connectivity index (χ3n) is 6.13. The molecule has 0 aliphatic rings. The van der Waals surface area contributed by atoms with Gasteiger partial charge in [0, 0.05) is 6.04 Å². The van der Waals surface area contributed by atoms with Gasteiger partial charge in [-0.15, -0.1) is 0 Å². The molecular weight excluding hydrogens is 435 g/mol. The molecule has 4 aromatic rings. The summed E-state index contributed by atoms with van der Waals surface area (Å²) in [6, 6.07) is 26.0. The highest BCUT2D eigenvalue weighted by Gasteiger charge is 2.30. The zero-order chi connectivity index (χ0) is 24.1. The van der Waals surface area contributed by atoms with Crippen molar-refractivity contribution in [1.29, 1.82) is 0 Å². The van der Waals surface area contributed by atoms with E-state index in [0.717, 1.165) is 59.2 Å². The van der Waals surface area contributed by atoms with Crippen molar-refractivity contribution in [2.45, 2.75) is 32.0 Å². The van der Waals surface area contributed by atoms with Crippen molar-refractivity contribution in [3.05, 3.63) is 102 Å². The second kappa shape index (κ2) is 10.3. The smallest absolute Gasteiger partial charge is 0.416 e. The Morgan fingerprint density at radius 2 is 1.65 bits per heavy atom. The van der Waals surface area contributed by atoms with Gasteiger partial charge in [-0.25, -0.2) is 0 Å². The summed E-state index contributed by atoms with van der Waals surface area (Å²) in [6.07, 6.45) is -2.52. The van der Waals surface area contributed by atoms with Crippen LogP contribution < -0.4 is 10.1 Å². The third-order valence-corrected chi connectivity index (χ3v) is 6.13. The molecule has 0 aliphatic heterocycles. The first-order valence-electron chi connectivity index (χ1n) is 11.4. The van der Waals surface area contributed by atoms with Gasteiger partial charge in [-0.05, 0) is 83.6 Å². The number of aryl methyl sites for hydroxylation is 1. The van der Waals surface area contributed by atoms with Gasteiger partial charge in [-0.2, -0.15) is 13.2 Å². The second-order valence-electron chi connectivity index (χ2n) is 8.50. The van der Waals surface area contributed by atoms with Crippen LogP contribution in [0.1, 0.15) is 36.1 Å². The lowest BCUT2D eigenvalue weighted by atomic mass is 9.93. The summed E-state index contributed by atoms with van der Waals surface area (Å²) < 4.78 is 44.3. The Labute approximate surface area is 198 Å². The summed E-state index contributed by atoms with van der Waals surface area (Å²) in [6.45, 7) is 2.98. The largest absolute Gasteiger partial charge is 0.497 e. The number of hydrogen-bond donors (Lipinski definition) is 1. The molecule has 0 saturated heterocycles. The summed E-state index contributed by atoms with van der Waals surface area (Å²) in [7, 11) is 1.67. The molecule has 0 spiro atoms. The van der Waals surface area contributed by atoms with Crippen LogP contribution in [0.25, 0.3) is 21.9 Å². The van der Waals surface area contributed by atoms with E-state index < -0.39 is 11.7 Å². The van der Waals surface area contributed by atoms with Crippen LogP contribution in [0, 0.1) is 0 Å². The molecule has 0 aliphatic carbocycles. The molecule has 0 heterocycles. The number of halogens is 3. The van der Waals surface area contributed by atoms with Gasteiger partial charge in [0.05, 0.1) is 12.7 Å². The van der Waals surface area contributed by atoms with Crippen molar-refractivity contribution < 1.29 is 17.9 Å². The molecule has 0 radical (unpaired) electrons. The molecule has 1 N–H and O–H groups in total. The molecule has 0 aromatic heterocycles. The molecule has 0 saturated carbocycles. The highest BCUT2D eigenvalue weighted by atomic mass is 19.4.